The summed E-state index contributed by atoms with van der Waals surface area (Å²) in [6.45, 7) is 1.95. The van der Waals surface area contributed by atoms with E-state index in [1.165, 1.54) is 0 Å². The van der Waals surface area contributed by atoms with E-state index in [9.17, 15) is 4.79 Å². The number of epoxide rings is 1. The number of ether oxygens (including phenoxy) is 2. The molecule has 1 saturated heterocycles. The SMILES string of the molecule is COc1ccc(C(=O)[C@@H]2O[C@@]2(C)c2ccccc2)cc1. The Morgan fingerprint density at radius 1 is 1.10 bits per heavy atom. The van der Waals surface area contributed by atoms with E-state index >= 15 is 0 Å². The zero-order chi connectivity index (χ0) is 14.2. The Hall–Kier alpha value is -2.13. The molecular formula is C17H16O3. The number of hydrogen-bond donors (Lipinski definition) is 0. The minimum atomic E-state index is -0.502. The summed E-state index contributed by atoms with van der Waals surface area (Å²) < 4.78 is 10.8. The normalized spacial score (nSPS) is 24.2. The Bertz CT molecular complexity index is 618. The summed E-state index contributed by atoms with van der Waals surface area (Å²) in [5.41, 5.74) is 1.18. The third-order valence-electron chi connectivity index (χ3n) is 3.77. The summed E-state index contributed by atoms with van der Waals surface area (Å²) in [6, 6.07) is 17.0. The lowest BCUT2D eigenvalue weighted by atomic mass is 9.93. The number of ketones is 1. The zero-order valence-corrected chi connectivity index (χ0v) is 11.5. The molecule has 1 aliphatic heterocycles. The second-order valence-corrected chi connectivity index (χ2v) is 5.06. The average Bonchev–Trinajstić information content (AvgIpc) is 3.21. The maximum Gasteiger partial charge on any atom is 0.194 e. The van der Waals surface area contributed by atoms with Gasteiger partial charge in [0.1, 0.15) is 11.4 Å². The van der Waals surface area contributed by atoms with Crippen LogP contribution in [0.4, 0.5) is 0 Å². The van der Waals surface area contributed by atoms with Crippen molar-refractivity contribution in [2.45, 2.75) is 18.6 Å². The van der Waals surface area contributed by atoms with Crippen molar-refractivity contribution in [1.82, 2.24) is 0 Å². The quantitative estimate of drug-likeness (QED) is 0.631. The van der Waals surface area contributed by atoms with Crippen molar-refractivity contribution in [3.63, 3.8) is 0 Å². The Kier molecular flexibility index (Phi) is 3.07. The molecule has 0 aliphatic carbocycles. The first-order chi connectivity index (χ1) is 9.65. The van der Waals surface area contributed by atoms with Crippen LogP contribution in [0.5, 0.6) is 5.75 Å². The molecule has 3 heteroatoms. The van der Waals surface area contributed by atoms with Gasteiger partial charge < -0.3 is 9.47 Å². The fourth-order valence-corrected chi connectivity index (χ4v) is 2.41. The molecule has 20 heavy (non-hydrogen) atoms. The Morgan fingerprint density at radius 3 is 2.35 bits per heavy atom. The number of benzene rings is 2. The molecule has 0 spiro atoms. The van der Waals surface area contributed by atoms with Gasteiger partial charge in [0, 0.05) is 5.56 Å². The second-order valence-electron chi connectivity index (χ2n) is 5.06. The van der Waals surface area contributed by atoms with E-state index in [4.69, 9.17) is 9.47 Å². The highest BCUT2D eigenvalue weighted by Crippen LogP contribution is 2.47. The summed E-state index contributed by atoms with van der Waals surface area (Å²) in [6.07, 6.45) is -0.404. The number of rotatable bonds is 4. The Balaban J connectivity index is 1.80. The van der Waals surface area contributed by atoms with Crippen molar-refractivity contribution < 1.29 is 14.3 Å². The van der Waals surface area contributed by atoms with Crippen molar-refractivity contribution in [1.29, 1.82) is 0 Å². The molecule has 0 saturated carbocycles. The smallest absolute Gasteiger partial charge is 0.194 e. The standard InChI is InChI=1S/C17H16O3/c1-17(13-6-4-3-5-7-13)16(20-17)15(18)12-8-10-14(19-2)11-9-12/h3-11,16H,1-2H3/t16-,17-/m0/s1. The first kappa shape index (κ1) is 12.9. The van der Waals surface area contributed by atoms with E-state index in [1.807, 2.05) is 37.3 Å². The number of hydrogen-bond acceptors (Lipinski definition) is 3. The molecule has 3 rings (SSSR count). The van der Waals surface area contributed by atoms with Crippen molar-refractivity contribution >= 4 is 5.78 Å². The monoisotopic (exact) mass is 268 g/mol. The van der Waals surface area contributed by atoms with Gasteiger partial charge in [-0.15, -0.1) is 0 Å². The minimum absolute atomic E-state index is 0.0130. The second kappa shape index (κ2) is 4.76. The highest BCUT2D eigenvalue weighted by molar-refractivity contribution is 6.02. The van der Waals surface area contributed by atoms with Gasteiger partial charge in [-0.05, 0) is 36.8 Å². The van der Waals surface area contributed by atoms with E-state index in [0.29, 0.717) is 5.56 Å². The average molecular weight is 268 g/mol. The van der Waals surface area contributed by atoms with Gasteiger partial charge in [-0.25, -0.2) is 0 Å². The van der Waals surface area contributed by atoms with Crippen LogP contribution in [0, 0.1) is 0 Å². The van der Waals surface area contributed by atoms with Crippen LogP contribution < -0.4 is 4.74 Å². The van der Waals surface area contributed by atoms with Crippen LogP contribution in [-0.4, -0.2) is 19.0 Å². The third kappa shape index (κ3) is 2.10. The van der Waals surface area contributed by atoms with Crippen LogP contribution >= 0.6 is 0 Å². The van der Waals surface area contributed by atoms with Crippen molar-refractivity contribution in [2.24, 2.45) is 0 Å². The summed E-state index contributed by atoms with van der Waals surface area (Å²) in [7, 11) is 1.60. The summed E-state index contributed by atoms with van der Waals surface area (Å²) in [5, 5.41) is 0. The molecule has 0 amide bonds. The van der Waals surface area contributed by atoms with Crippen LogP contribution in [0.2, 0.25) is 0 Å². The largest absolute Gasteiger partial charge is 0.497 e. The number of methoxy groups -OCH3 is 1. The molecule has 1 heterocycles. The lowest BCUT2D eigenvalue weighted by molar-refractivity contribution is 0.0953. The fourth-order valence-electron chi connectivity index (χ4n) is 2.41. The first-order valence-corrected chi connectivity index (χ1v) is 6.57. The molecule has 2 atom stereocenters. The lowest BCUT2D eigenvalue weighted by Gasteiger charge is -2.06. The lowest BCUT2D eigenvalue weighted by Crippen LogP contribution is -2.16. The van der Waals surface area contributed by atoms with Crippen LogP contribution in [0.1, 0.15) is 22.8 Å². The van der Waals surface area contributed by atoms with Crippen LogP contribution in [-0.2, 0) is 10.3 Å². The van der Waals surface area contributed by atoms with E-state index in [1.54, 1.807) is 31.4 Å². The molecule has 2 aromatic rings. The topological polar surface area (TPSA) is 38.8 Å². The van der Waals surface area contributed by atoms with Gasteiger partial charge in [0.25, 0.3) is 0 Å². The van der Waals surface area contributed by atoms with E-state index in [0.717, 1.165) is 11.3 Å². The summed E-state index contributed by atoms with van der Waals surface area (Å²) in [4.78, 5) is 12.4. The van der Waals surface area contributed by atoms with Gasteiger partial charge in [0.15, 0.2) is 11.9 Å². The summed E-state index contributed by atoms with van der Waals surface area (Å²) in [5.74, 6) is 0.753. The third-order valence-corrected chi connectivity index (χ3v) is 3.77. The highest BCUT2D eigenvalue weighted by Gasteiger charge is 2.57. The van der Waals surface area contributed by atoms with Crippen molar-refractivity contribution in [3.05, 3.63) is 65.7 Å². The van der Waals surface area contributed by atoms with Gasteiger partial charge in [0.05, 0.1) is 7.11 Å². The van der Waals surface area contributed by atoms with Gasteiger partial charge in [-0.2, -0.15) is 0 Å². The number of carbonyl (C=O) groups is 1. The molecule has 0 bridgehead atoms. The van der Waals surface area contributed by atoms with E-state index < -0.39 is 11.7 Å². The Labute approximate surface area is 118 Å². The van der Waals surface area contributed by atoms with Crippen LogP contribution in [0.25, 0.3) is 0 Å². The van der Waals surface area contributed by atoms with Gasteiger partial charge in [-0.1, -0.05) is 30.3 Å². The summed E-state index contributed by atoms with van der Waals surface area (Å²) >= 11 is 0. The van der Waals surface area contributed by atoms with Gasteiger partial charge in [-0.3, -0.25) is 4.79 Å². The van der Waals surface area contributed by atoms with E-state index in [2.05, 4.69) is 0 Å². The zero-order valence-electron chi connectivity index (χ0n) is 11.5. The molecule has 0 unspecified atom stereocenters. The maximum atomic E-state index is 12.4. The van der Waals surface area contributed by atoms with Crippen LogP contribution in [0.15, 0.2) is 54.6 Å². The van der Waals surface area contributed by atoms with E-state index in [-0.39, 0.29) is 5.78 Å². The molecule has 102 valence electrons. The fraction of sp³-hybridized carbons (Fsp3) is 0.235. The molecule has 1 fully saturated rings. The minimum Gasteiger partial charge on any atom is -0.497 e. The Morgan fingerprint density at radius 2 is 1.75 bits per heavy atom. The maximum absolute atomic E-state index is 12.4. The van der Waals surface area contributed by atoms with Gasteiger partial charge >= 0.3 is 0 Å². The predicted molar refractivity (Wildman–Crippen MR) is 76.0 cm³/mol. The molecule has 0 aromatic heterocycles. The highest BCUT2D eigenvalue weighted by atomic mass is 16.6. The molecule has 1 aliphatic rings. The molecule has 2 aromatic carbocycles. The predicted octanol–water partition coefficient (Wildman–Crippen LogP) is 3.19. The first-order valence-electron chi connectivity index (χ1n) is 6.57. The van der Waals surface area contributed by atoms with Gasteiger partial charge in [0.2, 0.25) is 0 Å². The number of Topliss-reactive ketones (excluding diaryl/α,β-unsaturated/α-hetero) is 1. The molecule has 0 radical (unpaired) electrons. The molecular weight excluding hydrogens is 252 g/mol. The van der Waals surface area contributed by atoms with Crippen molar-refractivity contribution in [3.8, 4) is 5.75 Å². The molecule has 3 nitrogen and oxygen atoms in total. The van der Waals surface area contributed by atoms with Crippen LogP contribution in [0.3, 0.4) is 0 Å². The molecule has 0 N–H and O–H groups in total. The number of carbonyl (C=O) groups excluding carboxylic acids is 1. The van der Waals surface area contributed by atoms with Crippen molar-refractivity contribution in [2.75, 3.05) is 7.11 Å².